The van der Waals surface area contributed by atoms with Crippen molar-refractivity contribution in [1.82, 2.24) is 24.5 Å². The van der Waals surface area contributed by atoms with E-state index in [0.717, 1.165) is 37.7 Å². The molecule has 0 aliphatic heterocycles. The van der Waals surface area contributed by atoms with Crippen molar-refractivity contribution in [2.75, 3.05) is 5.32 Å². The second-order valence-electron chi connectivity index (χ2n) is 9.91. The highest BCUT2D eigenvalue weighted by Crippen LogP contribution is 2.64. The number of nitrogens with zero attached hydrogens (tertiary/aromatic N) is 5. The van der Waals surface area contributed by atoms with Crippen molar-refractivity contribution >= 4 is 23.3 Å². The average Bonchev–Trinajstić information content (AvgIpc) is 3.36. The van der Waals surface area contributed by atoms with Crippen LogP contribution in [-0.4, -0.2) is 30.5 Å². The monoisotopic (exact) mass is 454 g/mol. The van der Waals surface area contributed by atoms with Crippen molar-refractivity contribution in [3.63, 3.8) is 0 Å². The number of aromatic nitrogens is 5. The Morgan fingerprint density at radius 3 is 2.72 bits per heavy atom. The lowest BCUT2D eigenvalue weighted by Gasteiger charge is -2.60. The first-order valence-corrected chi connectivity index (χ1v) is 11.5. The molecule has 2 unspecified atom stereocenters. The number of anilines is 1. The molecule has 7 rings (SSSR count). The van der Waals surface area contributed by atoms with E-state index in [9.17, 15) is 9.18 Å². The fraction of sp³-hybridized carbons (Fsp3) is 0.478. The molecule has 4 bridgehead atoms. The number of benzene rings is 1. The molecule has 1 N–H and O–H groups in total. The summed E-state index contributed by atoms with van der Waals surface area (Å²) >= 11 is 6.02. The van der Waals surface area contributed by atoms with Gasteiger partial charge >= 0.3 is 0 Å². The van der Waals surface area contributed by atoms with E-state index in [1.54, 1.807) is 29.3 Å². The smallest absolute Gasteiger partial charge is 0.242 e. The van der Waals surface area contributed by atoms with Crippen LogP contribution >= 0.6 is 11.6 Å². The van der Waals surface area contributed by atoms with Crippen molar-refractivity contribution in [3.05, 3.63) is 59.5 Å². The van der Waals surface area contributed by atoms with Gasteiger partial charge in [0.25, 0.3) is 0 Å². The van der Waals surface area contributed by atoms with Crippen molar-refractivity contribution in [3.8, 4) is 0 Å². The molecule has 2 aromatic heterocycles. The number of nitrogens with one attached hydrogen (secondary N) is 1. The highest BCUT2D eigenvalue weighted by atomic mass is 35.5. The number of halogens is 2. The van der Waals surface area contributed by atoms with Gasteiger partial charge in [-0.2, -0.15) is 5.10 Å². The molecule has 0 saturated heterocycles. The number of carbonyl (C=O) groups is 1. The van der Waals surface area contributed by atoms with Gasteiger partial charge in [0.1, 0.15) is 12.1 Å². The van der Waals surface area contributed by atoms with Crippen LogP contribution in [0.25, 0.3) is 0 Å². The van der Waals surface area contributed by atoms with E-state index < -0.39 is 5.41 Å². The topological polar surface area (TPSA) is 77.6 Å². The maximum Gasteiger partial charge on any atom is 0.242 e. The first kappa shape index (κ1) is 19.9. The maximum absolute atomic E-state index is 13.6. The lowest BCUT2D eigenvalue weighted by molar-refractivity contribution is -0.150. The van der Waals surface area contributed by atoms with Gasteiger partial charge < -0.3 is 5.32 Å². The van der Waals surface area contributed by atoms with E-state index in [-0.39, 0.29) is 22.5 Å². The van der Waals surface area contributed by atoms with Crippen LogP contribution in [0.4, 0.5) is 10.2 Å². The summed E-state index contributed by atoms with van der Waals surface area (Å²) in [5.41, 5.74) is 0.216. The molecule has 2 heterocycles. The zero-order valence-electron chi connectivity index (χ0n) is 17.5. The van der Waals surface area contributed by atoms with E-state index in [1.165, 1.54) is 18.6 Å². The summed E-state index contributed by atoms with van der Waals surface area (Å²) in [6, 6.07) is 8.25. The first-order valence-electron chi connectivity index (χ1n) is 11.1. The summed E-state index contributed by atoms with van der Waals surface area (Å²) in [7, 11) is 0. The Morgan fingerprint density at radius 1 is 1.19 bits per heavy atom. The predicted octanol–water partition coefficient (Wildman–Crippen LogP) is 4.25. The Labute approximate surface area is 190 Å². The molecule has 7 nitrogen and oxygen atoms in total. The number of amides is 1. The van der Waals surface area contributed by atoms with Gasteiger partial charge in [0.15, 0.2) is 5.82 Å². The van der Waals surface area contributed by atoms with Gasteiger partial charge in [-0.15, -0.1) is 5.10 Å². The predicted molar refractivity (Wildman–Crippen MR) is 116 cm³/mol. The zero-order chi connectivity index (χ0) is 21.9. The molecule has 166 valence electrons. The lowest BCUT2D eigenvalue weighted by Crippen LogP contribution is -2.60. The van der Waals surface area contributed by atoms with Gasteiger partial charge in [-0.3, -0.25) is 9.48 Å². The van der Waals surface area contributed by atoms with E-state index in [0.29, 0.717) is 24.2 Å². The van der Waals surface area contributed by atoms with Crippen LogP contribution in [0.15, 0.2) is 42.9 Å². The van der Waals surface area contributed by atoms with Crippen LogP contribution < -0.4 is 5.32 Å². The molecule has 0 radical (unpaired) electrons. The minimum Gasteiger partial charge on any atom is -0.309 e. The highest BCUT2D eigenvalue weighted by molar-refractivity contribution is 6.28. The third-order valence-electron chi connectivity index (χ3n) is 7.58. The van der Waals surface area contributed by atoms with Gasteiger partial charge in [0.2, 0.25) is 11.2 Å². The summed E-state index contributed by atoms with van der Waals surface area (Å²) < 4.78 is 17.1. The molecular formula is C23H24ClFN6O. The van der Waals surface area contributed by atoms with Crippen molar-refractivity contribution in [2.24, 2.45) is 17.3 Å². The molecule has 32 heavy (non-hydrogen) atoms. The molecule has 4 saturated carbocycles. The fourth-order valence-corrected chi connectivity index (χ4v) is 6.93. The molecule has 1 aromatic carbocycles. The number of hydrogen-bond acceptors (Lipinski definition) is 4. The molecule has 1 amide bonds. The normalized spacial score (nSPS) is 30.6. The fourth-order valence-electron chi connectivity index (χ4n) is 6.81. The standard InChI is InChI=1S/C23H24ClFN6O/c24-21-26-14-31(29-21)23-10-16-6-17(11-23)9-22(8-16,13-23)20(32)27-19-4-5-30(28-19)12-15-2-1-3-18(25)7-15/h1-5,7,14,16-17H,6,8-13H2,(H,27,28,32). The van der Waals surface area contributed by atoms with Gasteiger partial charge in [0, 0.05) is 12.3 Å². The second-order valence-corrected chi connectivity index (χ2v) is 10.2. The summed E-state index contributed by atoms with van der Waals surface area (Å²) in [6.45, 7) is 0.444. The van der Waals surface area contributed by atoms with Crippen molar-refractivity contribution in [1.29, 1.82) is 0 Å². The Morgan fingerprint density at radius 2 is 2.00 bits per heavy atom. The highest BCUT2D eigenvalue weighted by Gasteiger charge is 2.61. The SMILES string of the molecule is O=C(Nc1ccn(Cc2cccc(F)c2)n1)C12CC3CC(C1)CC(n1cnc(Cl)n1)(C3)C2. The van der Waals surface area contributed by atoms with Gasteiger partial charge in [-0.25, -0.2) is 14.1 Å². The molecule has 3 aromatic rings. The second kappa shape index (κ2) is 7.13. The maximum atomic E-state index is 13.6. The Balaban J connectivity index is 1.22. The molecule has 4 aliphatic carbocycles. The van der Waals surface area contributed by atoms with E-state index in [2.05, 4.69) is 20.5 Å². The van der Waals surface area contributed by atoms with E-state index in [4.69, 9.17) is 11.6 Å². The minimum absolute atomic E-state index is 0.0400. The van der Waals surface area contributed by atoms with Crippen LogP contribution in [0.5, 0.6) is 0 Å². The molecule has 9 heteroatoms. The van der Waals surface area contributed by atoms with E-state index >= 15 is 0 Å². The lowest BCUT2D eigenvalue weighted by atomic mass is 9.46. The summed E-state index contributed by atoms with van der Waals surface area (Å²) in [5, 5.41) is 12.2. The van der Waals surface area contributed by atoms with Crippen molar-refractivity contribution in [2.45, 2.75) is 50.6 Å². The zero-order valence-corrected chi connectivity index (χ0v) is 18.3. The molecule has 4 aliphatic rings. The van der Waals surface area contributed by atoms with Gasteiger partial charge in [-0.05, 0) is 79.7 Å². The first-order chi connectivity index (χ1) is 15.4. The Bertz CT molecular complexity index is 1170. The van der Waals surface area contributed by atoms with Gasteiger partial charge in [0.05, 0.1) is 17.5 Å². The molecular weight excluding hydrogens is 431 g/mol. The van der Waals surface area contributed by atoms with Crippen LogP contribution in [-0.2, 0) is 16.9 Å². The van der Waals surface area contributed by atoms with Crippen LogP contribution in [0.3, 0.4) is 0 Å². The third-order valence-corrected chi connectivity index (χ3v) is 7.75. The largest absolute Gasteiger partial charge is 0.309 e. The minimum atomic E-state index is -0.422. The molecule has 0 spiro atoms. The number of hydrogen-bond donors (Lipinski definition) is 1. The summed E-state index contributed by atoms with van der Waals surface area (Å²) in [6.07, 6.45) is 9.33. The Kier molecular flexibility index (Phi) is 4.44. The number of carbonyl (C=O) groups excluding carboxylic acids is 1. The van der Waals surface area contributed by atoms with Gasteiger partial charge in [-0.1, -0.05) is 12.1 Å². The quantitative estimate of drug-likeness (QED) is 0.625. The summed E-state index contributed by atoms with van der Waals surface area (Å²) in [4.78, 5) is 17.7. The Hall–Kier alpha value is -2.74. The molecule has 2 atom stereocenters. The average molecular weight is 455 g/mol. The molecule has 4 fully saturated rings. The van der Waals surface area contributed by atoms with Crippen LogP contribution in [0, 0.1) is 23.1 Å². The van der Waals surface area contributed by atoms with Crippen LogP contribution in [0.2, 0.25) is 5.28 Å². The van der Waals surface area contributed by atoms with Crippen molar-refractivity contribution < 1.29 is 9.18 Å². The van der Waals surface area contributed by atoms with E-state index in [1.807, 2.05) is 10.7 Å². The number of rotatable bonds is 5. The third kappa shape index (κ3) is 3.32. The summed E-state index contributed by atoms with van der Waals surface area (Å²) in [5.74, 6) is 1.32. The van der Waals surface area contributed by atoms with Crippen LogP contribution in [0.1, 0.15) is 44.1 Å².